The summed E-state index contributed by atoms with van der Waals surface area (Å²) in [6.07, 6.45) is 3.33. The Balaban J connectivity index is 2.51. The lowest BCUT2D eigenvalue weighted by Crippen LogP contribution is -1.92. The molecule has 0 radical (unpaired) electrons. The largest absolute Gasteiger partial charge is 0.264 e. The molecule has 0 N–H and O–H groups in total. The van der Waals surface area contributed by atoms with E-state index in [4.69, 9.17) is 5.26 Å². The molecule has 0 saturated carbocycles. The lowest BCUT2D eigenvalue weighted by molar-refractivity contribution is 0.619. The van der Waals surface area contributed by atoms with Crippen LogP contribution in [-0.2, 0) is 6.42 Å². The van der Waals surface area contributed by atoms with Crippen molar-refractivity contribution in [2.45, 2.75) is 6.42 Å². The average molecular weight is 212 g/mol. The molecule has 16 heavy (non-hydrogen) atoms. The average Bonchev–Trinajstić information content (AvgIpc) is 2.33. The molecule has 1 heterocycles. The van der Waals surface area contributed by atoms with Crippen molar-refractivity contribution in [3.63, 3.8) is 0 Å². The first kappa shape index (κ1) is 10.3. The molecule has 0 aliphatic rings. The summed E-state index contributed by atoms with van der Waals surface area (Å²) in [6, 6.07) is 10.6. The fourth-order valence-electron chi connectivity index (χ4n) is 1.55. The molecule has 1 aromatic carbocycles. The second-order valence-corrected chi connectivity index (χ2v) is 3.36. The molecule has 2 nitrogen and oxygen atoms in total. The van der Waals surface area contributed by atoms with Gasteiger partial charge >= 0.3 is 0 Å². The topological polar surface area (TPSA) is 36.7 Å². The number of halogens is 1. The number of pyridine rings is 1. The Hall–Kier alpha value is -2.21. The van der Waals surface area contributed by atoms with Crippen molar-refractivity contribution in [2.75, 3.05) is 0 Å². The monoisotopic (exact) mass is 212 g/mol. The highest BCUT2D eigenvalue weighted by molar-refractivity contribution is 5.64. The van der Waals surface area contributed by atoms with E-state index < -0.39 is 0 Å². The van der Waals surface area contributed by atoms with Crippen LogP contribution in [0.5, 0.6) is 0 Å². The van der Waals surface area contributed by atoms with E-state index in [0.717, 1.165) is 5.56 Å². The summed E-state index contributed by atoms with van der Waals surface area (Å²) >= 11 is 0. The van der Waals surface area contributed by atoms with Crippen LogP contribution in [0.15, 0.2) is 42.7 Å². The van der Waals surface area contributed by atoms with Crippen molar-refractivity contribution in [3.05, 3.63) is 54.1 Å². The van der Waals surface area contributed by atoms with Crippen molar-refractivity contribution in [1.82, 2.24) is 4.98 Å². The molecule has 2 aromatic rings. The zero-order valence-corrected chi connectivity index (χ0v) is 8.52. The lowest BCUT2D eigenvalue weighted by Gasteiger charge is -2.05. The predicted octanol–water partition coefficient (Wildman–Crippen LogP) is 2.95. The highest BCUT2D eigenvalue weighted by atomic mass is 19.1. The van der Waals surface area contributed by atoms with E-state index in [1.807, 2.05) is 6.07 Å². The van der Waals surface area contributed by atoms with E-state index in [-0.39, 0.29) is 12.2 Å². The second kappa shape index (κ2) is 4.54. The predicted molar refractivity (Wildman–Crippen MR) is 58.9 cm³/mol. The van der Waals surface area contributed by atoms with Crippen molar-refractivity contribution >= 4 is 0 Å². The normalized spacial score (nSPS) is 9.75. The third kappa shape index (κ3) is 1.91. The Labute approximate surface area is 93.0 Å². The number of nitrogens with zero attached hydrogens (tertiary/aromatic N) is 2. The molecule has 0 bridgehead atoms. The first-order valence-corrected chi connectivity index (χ1v) is 4.87. The number of aromatic nitrogens is 1. The number of rotatable bonds is 2. The van der Waals surface area contributed by atoms with Gasteiger partial charge in [-0.15, -0.1) is 0 Å². The van der Waals surface area contributed by atoms with Gasteiger partial charge < -0.3 is 0 Å². The minimum atomic E-state index is -0.336. The molecule has 0 saturated heterocycles. The number of benzene rings is 1. The third-order valence-corrected chi connectivity index (χ3v) is 2.32. The van der Waals surface area contributed by atoms with E-state index >= 15 is 0 Å². The number of hydrogen-bond donors (Lipinski definition) is 0. The van der Waals surface area contributed by atoms with E-state index in [2.05, 4.69) is 4.98 Å². The van der Waals surface area contributed by atoms with E-state index in [1.54, 1.807) is 42.7 Å². The van der Waals surface area contributed by atoms with Gasteiger partial charge in [-0.3, -0.25) is 4.98 Å². The van der Waals surface area contributed by atoms with Gasteiger partial charge in [0.2, 0.25) is 0 Å². The fourth-order valence-corrected chi connectivity index (χ4v) is 1.55. The smallest absolute Gasteiger partial charge is 0.135 e. The number of hydrogen-bond acceptors (Lipinski definition) is 2. The molecule has 0 atom stereocenters. The summed E-state index contributed by atoms with van der Waals surface area (Å²) in [5.74, 6) is -0.336. The lowest BCUT2D eigenvalue weighted by atomic mass is 10.0. The van der Waals surface area contributed by atoms with Crippen LogP contribution < -0.4 is 0 Å². The van der Waals surface area contributed by atoms with Crippen molar-refractivity contribution in [3.8, 4) is 17.2 Å². The van der Waals surface area contributed by atoms with Crippen LogP contribution in [0.4, 0.5) is 4.39 Å². The van der Waals surface area contributed by atoms with Crippen molar-refractivity contribution in [1.29, 1.82) is 5.26 Å². The third-order valence-electron chi connectivity index (χ3n) is 2.32. The summed E-state index contributed by atoms with van der Waals surface area (Å²) in [5.41, 5.74) is 1.63. The maximum atomic E-state index is 14.0. The zero-order valence-electron chi connectivity index (χ0n) is 8.52. The van der Waals surface area contributed by atoms with Gasteiger partial charge in [-0.25, -0.2) is 4.39 Å². The Morgan fingerprint density at radius 1 is 1.25 bits per heavy atom. The zero-order chi connectivity index (χ0) is 11.4. The standard InChI is InChI=1S/C13H9FN2/c14-13-10(6-7-15)3-1-5-12(13)11-4-2-8-16-9-11/h1-5,8-9H,6H2. The molecule has 0 spiro atoms. The van der Waals surface area contributed by atoms with Crippen LogP contribution in [-0.4, -0.2) is 4.98 Å². The summed E-state index contributed by atoms with van der Waals surface area (Å²) in [4.78, 5) is 3.95. The van der Waals surface area contributed by atoms with Gasteiger partial charge in [0.15, 0.2) is 0 Å². The number of nitriles is 1. The highest BCUT2D eigenvalue weighted by Gasteiger charge is 2.09. The van der Waals surface area contributed by atoms with Crippen LogP contribution in [0, 0.1) is 17.1 Å². The van der Waals surface area contributed by atoms with E-state index in [9.17, 15) is 4.39 Å². The Bertz CT molecular complexity index is 529. The molecule has 0 unspecified atom stereocenters. The first-order chi connectivity index (χ1) is 7.83. The van der Waals surface area contributed by atoms with Crippen LogP contribution in [0.1, 0.15) is 5.56 Å². The molecule has 0 fully saturated rings. The van der Waals surface area contributed by atoms with Crippen LogP contribution in [0.3, 0.4) is 0 Å². The maximum absolute atomic E-state index is 14.0. The Morgan fingerprint density at radius 3 is 2.81 bits per heavy atom. The van der Waals surface area contributed by atoms with Gasteiger partial charge in [-0.2, -0.15) is 5.26 Å². The molecular formula is C13H9FN2. The van der Waals surface area contributed by atoms with E-state index in [1.165, 1.54) is 0 Å². The highest BCUT2D eigenvalue weighted by Crippen LogP contribution is 2.24. The molecule has 0 aliphatic carbocycles. The van der Waals surface area contributed by atoms with Crippen LogP contribution >= 0.6 is 0 Å². The van der Waals surface area contributed by atoms with Gasteiger partial charge in [-0.1, -0.05) is 24.3 Å². The molecule has 0 amide bonds. The van der Waals surface area contributed by atoms with Gasteiger partial charge in [0.1, 0.15) is 5.82 Å². The Kier molecular flexibility index (Phi) is 2.93. The van der Waals surface area contributed by atoms with Gasteiger partial charge in [0, 0.05) is 29.1 Å². The maximum Gasteiger partial charge on any atom is 0.135 e. The van der Waals surface area contributed by atoms with Gasteiger partial charge in [0.25, 0.3) is 0 Å². The van der Waals surface area contributed by atoms with Crippen molar-refractivity contribution in [2.24, 2.45) is 0 Å². The SMILES string of the molecule is N#CCc1cccc(-c2cccnc2)c1F. The minimum absolute atomic E-state index is 0.0833. The molecule has 0 aliphatic heterocycles. The van der Waals surface area contributed by atoms with Crippen LogP contribution in [0.25, 0.3) is 11.1 Å². The van der Waals surface area contributed by atoms with Crippen molar-refractivity contribution < 1.29 is 4.39 Å². The quantitative estimate of drug-likeness (QED) is 0.767. The Morgan fingerprint density at radius 2 is 2.12 bits per heavy atom. The molecular weight excluding hydrogens is 203 g/mol. The molecule has 1 aromatic heterocycles. The van der Waals surface area contributed by atoms with Gasteiger partial charge in [-0.05, 0) is 6.07 Å². The second-order valence-electron chi connectivity index (χ2n) is 3.36. The van der Waals surface area contributed by atoms with E-state index in [0.29, 0.717) is 11.1 Å². The first-order valence-electron chi connectivity index (χ1n) is 4.87. The molecule has 3 heteroatoms. The molecule has 2 rings (SSSR count). The fraction of sp³-hybridized carbons (Fsp3) is 0.0769. The van der Waals surface area contributed by atoms with Gasteiger partial charge in [0.05, 0.1) is 12.5 Å². The van der Waals surface area contributed by atoms with Crippen LogP contribution in [0.2, 0.25) is 0 Å². The summed E-state index contributed by atoms with van der Waals surface area (Å²) in [6.45, 7) is 0. The summed E-state index contributed by atoms with van der Waals surface area (Å²) < 4.78 is 14.0. The molecule has 78 valence electrons. The summed E-state index contributed by atoms with van der Waals surface area (Å²) in [7, 11) is 0. The summed E-state index contributed by atoms with van der Waals surface area (Å²) in [5, 5.41) is 8.58. The minimum Gasteiger partial charge on any atom is -0.264 e.